The average Bonchev–Trinajstić information content (AvgIpc) is 2.87. The lowest BCUT2D eigenvalue weighted by atomic mass is 9.76. The monoisotopic (exact) mass is 261 g/mol. The van der Waals surface area contributed by atoms with E-state index in [1.165, 1.54) is 20.0 Å². The van der Waals surface area contributed by atoms with E-state index in [0.29, 0.717) is 6.42 Å². The fraction of sp³-hybridized carbons (Fsp3) is 0.562. The third-order valence-electron chi connectivity index (χ3n) is 4.29. The third kappa shape index (κ3) is 3.57. The van der Waals surface area contributed by atoms with E-state index >= 15 is 0 Å². The average molecular weight is 261 g/mol. The lowest BCUT2D eigenvalue weighted by Gasteiger charge is -2.31. The van der Waals surface area contributed by atoms with Gasteiger partial charge in [0.15, 0.2) is 0 Å². The van der Waals surface area contributed by atoms with Crippen molar-refractivity contribution in [2.75, 3.05) is 7.11 Å². The minimum atomic E-state index is -0.109. The minimum absolute atomic E-state index is 0.00366. The van der Waals surface area contributed by atoms with E-state index in [0.717, 1.165) is 24.8 Å². The Morgan fingerprint density at radius 1 is 1.32 bits per heavy atom. The summed E-state index contributed by atoms with van der Waals surface area (Å²) in [6.07, 6.45) is 5.93. The maximum absolute atomic E-state index is 11.6. The number of hydrogen-bond donors (Lipinski definition) is 1. The first-order valence-corrected chi connectivity index (χ1v) is 7.03. The van der Waals surface area contributed by atoms with E-state index in [1.54, 1.807) is 0 Å². The normalized spacial score (nSPS) is 19.1. The van der Waals surface area contributed by atoms with Crippen LogP contribution in [0.25, 0.3) is 0 Å². The molecule has 0 heterocycles. The van der Waals surface area contributed by atoms with Crippen LogP contribution in [0.5, 0.6) is 0 Å². The lowest BCUT2D eigenvalue weighted by Crippen LogP contribution is -2.27. The standard InChI is InChI=1S/C16H23NO2/c1-19-15(18)12-16(9-5-6-10-16)11-14(17)13-7-3-2-4-8-13/h2-4,7-8,14H,5-6,9-12,17H2,1H3. The fourth-order valence-electron chi connectivity index (χ4n) is 3.24. The summed E-state index contributed by atoms with van der Waals surface area (Å²) in [5, 5.41) is 0. The Hall–Kier alpha value is -1.35. The smallest absolute Gasteiger partial charge is 0.306 e. The molecule has 1 unspecified atom stereocenters. The van der Waals surface area contributed by atoms with Crippen LogP contribution in [0.1, 0.15) is 50.1 Å². The first-order chi connectivity index (χ1) is 9.15. The van der Waals surface area contributed by atoms with Crippen LogP contribution in [0.2, 0.25) is 0 Å². The van der Waals surface area contributed by atoms with E-state index in [9.17, 15) is 4.79 Å². The van der Waals surface area contributed by atoms with Crippen LogP contribution < -0.4 is 5.73 Å². The van der Waals surface area contributed by atoms with E-state index < -0.39 is 0 Å². The van der Waals surface area contributed by atoms with Gasteiger partial charge < -0.3 is 10.5 Å². The second kappa shape index (κ2) is 6.20. The quantitative estimate of drug-likeness (QED) is 0.828. The molecule has 0 amide bonds. The second-order valence-corrected chi connectivity index (χ2v) is 5.68. The summed E-state index contributed by atoms with van der Waals surface area (Å²) in [5.74, 6) is -0.109. The Bertz CT molecular complexity index is 410. The Morgan fingerprint density at radius 3 is 2.53 bits per heavy atom. The van der Waals surface area contributed by atoms with Gasteiger partial charge in [-0.15, -0.1) is 0 Å². The maximum atomic E-state index is 11.6. The number of carbonyl (C=O) groups excluding carboxylic acids is 1. The zero-order valence-corrected chi connectivity index (χ0v) is 11.6. The number of benzene rings is 1. The Labute approximate surface area is 115 Å². The zero-order valence-electron chi connectivity index (χ0n) is 11.6. The largest absolute Gasteiger partial charge is 0.469 e. The predicted molar refractivity (Wildman–Crippen MR) is 75.5 cm³/mol. The van der Waals surface area contributed by atoms with E-state index in [2.05, 4.69) is 12.1 Å². The zero-order chi connectivity index (χ0) is 13.7. The van der Waals surface area contributed by atoms with E-state index in [4.69, 9.17) is 10.5 Å². The summed E-state index contributed by atoms with van der Waals surface area (Å²) >= 11 is 0. The van der Waals surface area contributed by atoms with Crippen molar-refractivity contribution >= 4 is 5.97 Å². The summed E-state index contributed by atoms with van der Waals surface area (Å²) in [6, 6.07) is 10.1. The van der Waals surface area contributed by atoms with Crippen molar-refractivity contribution < 1.29 is 9.53 Å². The molecule has 1 aliphatic rings. The number of methoxy groups -OCH3 is 1. The van der Waals surface area contributed by atoms with Crippen LogP contribution in [0.15, 0.2) is 30.3 Å². The molecule has 1 saturated carbocycles. The van der Waals surface area contributed by atoms with Crippen LogP contribution in [-0.2, 0) is 9.53 Å². The molecule has 0 aromatic heterocycles. The summed E-state index contributed by atoms with van der Waals surface area (Å²) < 4.78 is 4.84. The molecular weight excluding hydrogens is 238 g/mol. The van der Waals surface area contributed by atoms with Gasteiger partial charge in [-0.05, 0) is 30.2 Å². The van der Waals surface area contributed by atoms with Gasteiger partial charge in [-0.25, -0.2) is 0 Å². The molecule has 1 fully saturated rings. The highest BCUT2D eigenvalue weighted by atomic mass is 16.5. The van der Waals surface area contributed by atoms with Crippen molar-refractivity contribution in [1.82, 2.24) is 0 Å². The molecule has 1 aliphatic carbocycles. The first kappa shape index (κ1) is 14.1. The fourth-order valence-corrected chi connectivity index (χ4v) is 3.24. The Kier molecular flexibility index (Phi) is 4.59. The van der Waals surface area contributed by atoms with Crippen LogP contribution in [0.3, 0.4) is 0 Å². The molecule has 0 bridgehead atoms. The van der Waals surface area contributed by atoms with Gasteiger partial charge in [-0.3, -0.25) is 4.79 Å². The van der Waals surface area contributed by atoms with Crippen molar-refractivity contribution in [2.45, 2.75) is 44.6 Å². The lowest BCUT2D eigenvalue weighted by molar-refractivity contribution is -0.143. The van der Waals surface area contributed by atoms with Crippen LogP contribution in [0.4, 0.5) is 0 Å². The molecule has 1 aromatic rings. The van der Waals surface area contributed by atoms with Gasteiger partial charge in [0.05, 0.1) is 13.5 Å². The van der Waals surface area contributed by atoms with Crippen molar-refractivity contribution in [3.63, 3.8) is 0 Å². The SMILES string of the molecule is COC(=O)CC1(CC(N)c2ccccc2)CCCC1. The second-order valence-electron chi connectivity index (χ2n) is 5.68. The van der Waals surface area contributed by atoms with Crippen molar-refractivity contribution in [2.24, 2.45) is 11.1 Å². The highest BCUT2D eigenvalue weighted by Crippen LogP contribution is 2.46. The molecule has 0 saturated heterocycles. The summed E-state index contributed by atoms with van der Waals surface area (Å²) in [4.78, 5) is 11.6. The molecule has 19 heavy (non-hydrogen) atoms. The summed E-state index contributed by atoms with van der Waals surface area (Å²) in [5.41, 5.74) is 7.52. The molecule has 3 nitrogen and oxygen atoms in total. The molecule has 0 spiro atoms. The predicted octanol–water partition coefficient (Wildman–Crippen LogP) is 3.20. The van der Waals surface area contributed by atoms with E-state index in [1.807, 2.05) is 18.2 Å². The highest BCUT2D eigenvalue weighted by Gasteiger charge is 2.37. The van der Waals surface area contributed by atoms with Gasteiger partial charge in [0.25, 0.3) is 0 Å². The van der Waals surface area contributed by atoms with Crippen LogP contribution >= 0.6 is 0 Å². The van der Waals surface area contributed by atoms with Crippen LogP contribution in [-0.4, -0.2) is 13.1 Å². The molecular formula is C16H23NO2. The van der Waals surface area contributed by atoms with Gasteiger partial charge in [-0.2, -0.15) is 0 Å². The van der Waals surface area contributed by atoms with E-state index in [-0.39, 0.29) is 17.4 Å². The van der Waals surface area contributed by atoms with Gasteiger partial charge >= 0.3 is 5.97 Å². The molecule has 1 atom stereocenters. The Balaban J connectivity index is 2.06. The van der Waals surface area contributed by atoms with Crippen molar-refractivity contribution in [1.29, 1.82) is 0 Å². The number of carbonyl (C=O) groups is 1. The summed E-state index contributed by atoms with van der Waals surface area (Å²) in [6.45, 7) is 0. The number of rotatable bonds is 5. The number of esters is 1. The molecule has 3 heteroatoms. The summed E-state index contributed by atoms with van der Waals surface area (Å²) in [7, 11) is 1.46. The van der Waals surface area contributed by atoms with Gasteiger partial charge in [-0.1, -0.05) is 43.2 Å². The molecule has 2 rings (SSSR count). The molecule has 1 aromatic carbocycles. The molecule has 104 valence electrons. The van der Waals surface area contributed by atoms with Gasteiger partial charge in [0.1, 0.15) is 0 Å². The number of nitrogens with two attached hydrogens (primary N) is 1. The highest BCUT2D eigenvalue weighted by molar-refractivity contribution is 5.70. The van der Waals surface area contributed by atoms with Crippen molar-refractivity contribution in [3.8, 4) is 0 Å². The first-order valence-electron chi connectivity index (χ1n) is 7.03. The van der Waals surface area contributed by atoms with Crippen LogP contribution in [0, 0.1) is 5.41 Å². The van der Waals surface area contributed by atoms with Gasteiger partial charge in [0.2, 0.25) is 0 Å². The molecule has 0 aliphatic heterocycles. The van der Waals surface area contributed by atoms with Crippen molar-refractivity contribution in [3.05, 3.63) is 35.9 Å². The topological polar surface area (TPSA) is 52.3 Å². The molecule has 0 radical (unpaired) electrons. The molecule has 2 N–H and O–H groups in total. The third-order valence-corrected chi connectivity index (χ3v) is 4.29. The Morgan fingerprint density at radius 2 is 1.95 bits per heavy atom. The van der Waals surface area contributed by atoms with Gasteiger partial charge in [0, 0.05) is 6.04 Å². The minimum Gasteiger partial charge on any atom is -0.469 e. The number of ether oxygens (including phenoxy) is 1. The number of hydrogen-bond acceptors (Lipinski definition) is 3. The maximum Gasteiger partial charge on any atom is 0.306 e.